The topological polar surface area (TPSA) is 42.7 Å². The van der Waals surface area contributed by atoms with Crippen LogP contribution in [0, 0.1) is 0 Å². The second-order valence-electron chi connectivity index (χ2n) is 5.93. The number of nitrogens with zero attached hydrogens (tertiary/aromatic N) is 3. The summed E-state index contributed by atoms with van der Waals surface area (Å²) in [6.45, 7) is 13.5. The molecular formula is C11H22N4. The van der Waals surface area contributed by atoms with Crippen molar-refractivity contribution in [1.29, 1.82) is 0 Å². The van der Waals surface area contributed by atoms with Crippen molar-refractivity contribution in [3.63, 3.8) is 0 Å². The maximum atomic E-state index is 4.14. The Kier molecular flexibility index (Phi) is 3.19. The van der Waals surface area contributed by atoms with Gasteiger partial charge in [0.05, 0.1) is 17.4 Å². The van der Waals surface area contributed by atoms with Crippen LogP contribution in [0.3, 0.4) is 0 Å². The van der Waals surface area contributed by atoms with E-state index in [9.17, 15) is 0 Å². The van der Waals surface area contributed by atoms with Gasteiger partial charge in [0, 0.05) is 12.1 Å². The Morgan fingerprint density at radius 2 is 1.80 bits per heavy atom. The third-order valence-electron chi connectivity index (χ3n) is 2.03. The van der Waals surface area contributed by atoms with Gasteiger partial charge in [-0.25, -0.2) is 4.68 Å². The summed E-state index contributed by atoms with van der Waals surface area (Å²) in [5.41, 5.74) is 1.11. The zero-order chi connectivity index (χ0) is 11.7. The summed E-state index contributed by atoms with van der Waals surface area (Å²) in [6, 6.07) is 0. The average molecular weight is 210 g/mol. The molecule has 0 saturated carbocycles. The van der Waals surface area contributed by atoms with Crippen LogP contribution < -0.4 is 5.32 Å². The number of hydrogen-bond donors (Lipinski definition) is 1. The van der Waals surface area contributed by atoms with Crippen molar-refractivity contribution >= 4 is 0 Å². The highest BCUT2D eigenvalue weighted by molar-refractivity contribution is 4.95. The third kappa shape index (κ3) is 4.00. The molecule has 0 spiro atoms. The van der Waals surface area contributed by atoms with E-state index in [1.807, 2.05) is 10.9 Å². The molecule has 86 valence electrons. The molecule has 4 nitrogen and oxygen atoms in total. The van der Waals surface area contributed by atoms with Gasteiger partial charge < -0.3 is 5.32 Å². The summed E-state index contributed by atoms with van der Waals surface area (Å²) in [5, 5.41) is 11.6. The van der Waals surface area contributed by atoms with Crippen molar-refractivity contribution < 1.29 is 0 Å². The Morgan fingerprint density at radius 1 is 1.20 bits per heavy atom. The van der Waals surface area contributed by atoms with Crippen LogP contribution in [0.15, 0.2) is 6.20 Å². The first kappa shape index (κ1) is 12.2. The fraction of sp³-hybridized carbons (Fsp3) is 0.818. The predicted octanol–water partition coefficient (Wildman–Crippen LogP) is 1.92. The first-order chi connectivity index (χ1) is 6.68. The van der Waals surface area contributed by atoms with E-state index in [0.717, 1.165) is 12.2 Å². The molecule has 1 heterocycles. The van der Waals surface area contributed by atoms with E-state index < -0.39 is 0 Å². The van der Waals surface area contributed by atoms with Crippen molar-refractivity contribution in [3.8, 4) is 0 Å². The Balaban J connectivity index is 2.62. The molecule has 0 aromatic carbocycles. The fourth-order valence-corrected chi connectivity index (χ4v) is 1.06. The first-order valence-corrected chi connectivity index (χ1v) is 5.35. The van der Waals surface area contributed by atoms with Gasteiger partial charge in [-0.2, -0.15) is 0 Å². The quantitative estimate of drug-likeness (QED) is 0.811. The van der Waals surface area contributed by atoms with Gasteiger partial charge >= 0.3 is 0 Å². The fourth-order valence-electron chi connectivity index (χ4n) is 1.06. The molecule has 0 saturated heterocycles. The zero-order valence-corrected chi connectivity index (χ0v) is 10.6. The van der Waals surface area contributed by atoms with Crippen molar-refractivity contribution in [2.75, 3.05) is 0 Å². The molecule has 0 radical (unpaired) electrons. The molecule has 4 heteroatoms. The molecule has 0 unspecified atom stereocenters. The van der Waals surface area contributed by atoms with Gasteiger partial charge in [0.1, 0.15) is 0 Å². The van der Waals surface area contributed by atoms with Gasteiger partial charge in [-0.15, -0.1) is 5.10 Å². The second kappa shape index (κ2) is 3.93. The van der Waals surface area contributed by atoms with Crippen LogP contribution in [0.2, 0.25) is 0 Å². The lowest BCUT2D eigenvalue weighted by atomic mass is 10.1. The molecule has 0 fully saturated rings. The van der Waals surface area contributed by atoms with Gasteiger partial charge in [-0.3, -0.25) is 0 Å². The van der Waals surface area contributed by atoms with Crippen LogP contribution in [0.1, 0.15) is 47.2 Å². The monoisotopic (exact) mass is 210 g/mol. The van der Waals surface area contributed by atoms with E-state index in [-0.39, 0.29) is 11.1 Å². The van der Waals surface area contributed by atoms with E-state index >= 15 is 0 Å². The van der Waals surface area contributed by atoms with Gasteiger partial charge in [-0.1, -0.05) is 5.21 Å². The molecule has 1 rings (SSSR count). The molecule has 0 aliphatic heterocycles. The number of nitrogens with one attached hydrogen (secondary N) is 1. The summed E-state index contributed by atoms with van der Waals surface area (Å²) in [5.74, 6) is 0. The Bertz CT molecular complexity index is 314. The van der Waals surface area contributed by atoms with Crippen molar-refractivity contribution in [2.45, 2.75) is 59.2 Å². The molecule has 0 amide bonds. The van der Waals surface area contributed by atoms with Crippen LogP contribution in [0.5, 0.6) is 0 Å². The van der Waals surface area contributed by atoms with E-state index in [0.29, 0.717) is 0 Å². The van der Waals surface area contributed by atoms with Crippen molar-refractivity contribution in [3.05, 3.63) is 11.9 Å². The van der Waals surface area contributed by atoms with Crippen LogP contribution in [-0.4, -0.2) is 20.5 Å². The smallest absolute Gasteiger partial charge is 0.0965 e. The van der Waals surface area contributed by atoms with Crippen molar-refractivity contribution in [2.24, 2.45) is 0 Å². The molecule has 15 heavy (non-hydrogen) atoms. The highest BCUT2D eigenvalue weighted by Gasteiger charge is 2.16. The predicted molar refractivity (Wildman–Crippen MR) is 61.6 cm³/mol. The molecule has 0 aliphatic carbocycles. The molecular weight excluding hydrogens is 188 g/mol. The third-order valence-corrected chi connectivity index (χ3v) is 2.03. The minimum absolute atomic E-state index is 0.00693. The van der Waals surface area contributed by atoms with Gasteiger partial charge in [0.15, 0.2) is 0 Å². The summed E-state index contributed by atoms with van der Waals surface area (Å²) in [6.07, 6.45) is 2.00. The Labute approximate surface area is 92.1 Å². The number of rotatable bonds is 2. The standard InChI is InChI=1S/C11H22N4/c1-10(2,3)12-7-9-8-15(14-13-9)11(4,5)6/h8,12H,7H2,1-6H3. The number of aromatic nitrogens is 3. The summed E-state index contributed by atoms with van der Waals surface area (Å²) in [4.78, 5) is 0. The Hall–Kier alpha value is -0.900. The zero-order valence-electron chi connectivity index (χ0n) is 10.6. The van der Waals surface area contributed by atoms with Gasteiger partial charge in [0.25, 0.3) is 0 Å². The summed E-state index contributed by atoms with van der Waals surface area (Å²) >= 11 is 0. The van der Waals surface area contributed by atoms with E-state index in [2.05, 4.69) is 57.2 Å². The van der Waals surface area contributed by atoms with E-state index in [4.69, 9.17) is 0 Å². The lowest BCUT2D eigenvalue weighted by Crippen LogP contribution is -2.35. The lowest BCUT2D eigenvalue weighted by Gasteiger charge is -2.19. The molecule has 0 atom stereocenters. The molecule has 1 N–H and O–H groups in total. The maximum absolute atomic E-state index is 4.14. The van der Waals surface area contributed by atoms with Crippen LogP contribution >= 0.6 is 0 Å². The molecule has 0 aliphatic rings. The van der Waals surface area contributed by atoms with Crippen LogP contribution in [-0.2, 0) is 12.1 Å². The largest absolute Gasteiger partial charge is 0.306 e. The lowest BCUT2D eigenvalue weighted by molar-refractivity contribution is 0.346. The first-order valence-electron chi connectivity index (χ1n) is 5.35. The minimum atomic E-state index is 0.00693. The van der Waals surface area contributed by atoms with Crippen molar-refractivity contribution in [1.82, 2.24) is 20.3 Å². The van der Waals surface area contributed by atoms with Crippen LogP contribution in [0.25, 0.3) is 0 Å². The molecule has 1 aromatic rings. The summed E-state index contributed by atoms with van der Waals surface area (Å²) < 4.78 is 1.90. The molecule has 0 bridgehead atoms. The maximum Gasteiger partial charge on any atom is 0.0965 e. The van der Waals surface area contributed by atoms with E-state index in [1.165, 1.54) is 0 Å². The number of hydrogen-bond acceptors (Lipinski definition) is 3. The van der Waals surface area contributed by atoms with Crippen LogP contribution in [0.4, 0.5) is 0 Å². The summed E-state index contributed by atoms with van der Waals surface area (Å²) in [7, 11) is 0. The highest BCUT2D eigenvalue weighted by Crippen LogP contribution is 2.12. The van der Waals surface area contributed by atoms with Gasteiger partial charge in [-0.05, 0) is 41.5 Å². The minimum Gasteiger partial charge on any atom is -0.306 e. The normalized spacial score (nSPS) is 13.2. The SMILES string of the molecule is CC(C)(C)NCc1cn(C(C)(C)C)nn1. The average Bonchev–Trinajstić information content (AvgIpc) is 2.45. The second-order valence-corrected chi connectivity index (χ2v) is 5.93. The highest BCUT2D eigenvalue weighted by atomic mass is 15.4. The Morgan fingerprint density at radius 3 is 2.20 bits per heavy atom. The van der Waals surface area contributed by atoms with Gasteiger partial charge in [0.2, 0.25) is 0 Å². The molecule has 1 aromatic heterocycles. The van der Waals surface area contributed by atoms with E-state index in [1.54, 1.807) is 0 Å².